The summed E-state index contributed by atoms with van der Waals surface area (Å²) in [6, 6.07) is 4.50. The predicted octanol–water partition coefficient (Wildman–Crippen LogP) is 4.08. The molecule has 0 bridgehead atoms. The average molecular weight is 253 g/mol. The van der Waals surface area contributed by atoms with Crippen molar-refractivity contribution in [3.05, 3.63) is 35.0 Å². The number of nitrogens with zero attached hydrogens (tertiary/aromatic N) is 1. The largest absolute Gasteiger partial charge is 0.418 e. The van der Waals surface area contributed by atoms with E-state index in [0.29, 0.717) is 5.52 Å². The molecule has 3 rings (SSSR count). The Morgan fingerprint density at radius 1 is 1.11 bits per heavy atom. The van der Waals surface area contributed by atoms with Crippen LogP contribution in [0, 0.1) is 0 Å². The number of alkyl halides is 3. The van der Waals surface area contributed by atoms with Crippen LogP contribution in [0.3, 0.4) is 0 Å². The Bertz CT molecular complexity index is 608. The topological polar surface area (TPSA) is 4.93 Å². The van der Waals surface area contributed by atoms with Crippen molar-refractivity contribution in [3.8, 4) is 0 Å². The Hall–Kier alpha value is -1.45. The fraction of sp³-hybridized carbons (Fsp3) is 0.429. The zero-order valence-electron chi connectivity index (χ0n) is 10.1. The molecule has 1 nitrogen and oxygen atoms in total. The average Bonchev–Trinajstić information content (AvgIpc) is 2.63. The molecule has 0 saturated carbocycles. The van der Waals surface area contributed by atoms with E-state index < -0.39 is 11.7 Å². The maximum atomic E-state index is 13.0. The Morgan fingerprint density at radius 2 is 1.83 bits per heavy atom. The van der Waals surface area contributed by atoms with E-state index >= 15 is 0 Å². The molecule has 1 aromatic heterocycles. The van der Waals surface area contributed by atoms with Crippen molar-refractivity contribution in [2.24, 2.45) is 7.05 Å². The summed E-state index contributed by atoms with van der Waals surface area (Å²) >= 11 is 0. The highest BCUT2D eigenvalue weighted by Gasteiger charge is 2.34. The first-order valence-electron chi connectivity index (χ1n) is 6.16. The van der Waals surface area contributed by atoms with Crippen LogP contribution in [0.2, 0.25) is 0 Å². The molecule has 96 valence electrons. The monoisotopic (exact) mass is 253 g/mol. The molecule has 1 aliphatic carbocycles. The Morgan fingerprint density at radius 3 is 2.56 bits per heavy atom. The lowest BCUT2D eigenvalue weighted by Gasteiger charge is -2.13. The lowest BCUT2D eigenvalue weighted by molar-refractivity contribution is -0.136. The highest BCUT2D eigenvalue weighted by Crippen LogP contribution is 2.39. The Kier molecular flexibility index (Phi) is 2.44. The summed E-state index contributed by atoms with van der Waals surface area (Å²) in [7, 11) is 1.75. The van der Waals surface area contributed by atoms with Gasteiger partial charge in [-0.25, -0.2) is 0 Å². The minimum atomic E-state index is -4.28. The first-order chi connectivity index (χ1) is 8.50. The highest BCUT2D eigenvalue weighted by molar-refractivity contribution is 5.89. The number of aromatic nitrogens is 1. The van der Waals surface area contributed by atoms with E-state index in [1.165, 1.54) is 12.1 Å². The third-order valence-corrected chi connectivity index (χ3v) is 3.85. The number of hydrogen-bond donors (Lipinski definition) is 0. The van der Waals surface area contributed by atoms with Gasteiger partial charge >= 0.3 is 6.18 Å². The molecule has 0 saturated heterocycles. The number of rotatable bonds is 0. The van der Waals surface area contributed by atoms with E-state index in [0.717, 1.165) is 42.3 Å². The fourth-order valence-electron chi connectivity index (χ4n) is 3.06. The van der Waals surface area contributed by atoms with Crippen LogP contribution in [0.25, 0.3) is 10.9 Å². The smallest absolute Gasteiger partial charge is 0.347 e. The van der Waals surface area contributed by atoms with Gasteiger partial charge < -0.3 is 4.57 Å². The maximum absolute atomic E-state index is 13.0. The summed E-state index contributed by atoms with van der Waals surface area (Å²) in [4.78, 5) is 0. The van der Waals surface area contributed by atoms with Gasteiger partial charge in [0.25, 0.3) is 0 Å². The van der Waals surface area contributed by atoms with Crippen molar-refractivity contribution in [1.82, 2.24) is 4.57 Å². The van der Waals surface area contributed by atoms with Crippen LogP contribution in [-0.2, 0) is 26.1 Å². The van der Waals surface area contributed by atoms with Crippen LogP contribution in [-0.4, -0.2) is 4.57 Å². The Balaban J connectivity index is 2.39. The van der Waals surface area contributed by atoms with Gasteiger partial charge in [0.05, 0.1) is 11.1 Å². The third kappa shape index (κ3) is 1.55. The van der Waals surface area contributed by atoms with Gasteiger partial charge in [0.1, 0.15) is 0 Å². The number of aryl methyl sites for hydroxylation is 2. The zero-order valence-corrected chi connectivity index (χ0v) is 10.1. The molecule has 0 fully saturated rings. The summed E-state index contributed by atoms with van der Waals surface area (Å²) in [6.07, 6.45) is -0.360. The predicted molar refractivity (Wildman–Crippen MR) is 64.6 cm³/mol. The molecular formula is C14H14F3N. The number of hydrogen-bond acceptors (Lipinski definition) is 0. The molecule has 2 aromatic rings. The first kappa shape index (κ1) is 11.6. The van der Waals surface area contributed by atoms with Gasteiger partial charge in [-0.2, -0.15) is 13.2 Å². The molecule has 0 aliphatic heterocycles. The number of fused-ring (bicyclic) bond motifs is 3. The van der Waals surface area contributed by atoms with E-state index in [2.05, 4.69) is 0 Å². The lowest BCUT2D eigenvalue weighted by atomic mass is 9.95. The molecule has 1 heterocycles. The second kappa shape index (κ2) is 3.77. The SMILES string of the molecule is Cn1c2c(c3cccc(C(F)(F)F)c31)CCCC2. The van der Waals surface area contributed by atoms with Crippen LogP contribution in [0.4, 0.5) is 13.2 Å². The van der Waals surface area contributed by atoms with Gasteiger partial charge in [-0.3, -0.25) is 0 Å². The van der Waals surface area contributed by atoms with Crippen molar-refractivity contribution in [2.75, 3.05) is 0 Å². The van der Waals surface area contributed by atoms with Gasteiger partial charge in [-0.05, 0) is 37.3 Å². The van der Waals surface area contributed by atoms with Crippen molar-refractivity contribution in [2.45, 2.75) is 31.9 Å². The maximum Gasteiger partial charge on any atom is 0.418 e. The van der Waals surface area contributed by atoms with Crippen LogP contribution in [0.15, 0.2) is 18.2 Å². The quantitative estimate of drug-likeness (QED) is 0.666. The minimum Gasteiger partial charge on any atom is -0.347 e. The molecule has 1 aromatic carbocycles. The van der Waals surface area contributed by atoms with Crippen LogP contribution >= 0.6 is 0 Å². The summed E-state index contributed by atoms with van der Waals surface area (Å²) in [5.41, 5.74) is 2.02. The van der Waals surface area contributed by atoms with Gasteiger partial charge in [0.2, 0.25) is 0 Å². The van der Waals surface area contributed by atoms with Crippen LogP contribution in [0.1, 0.15) is 29.7 Å². The minimum absolute atomic E-state index is 0.344. The van der Waals surface area contributed by atoms with Crippen molar-refractivity contribution < 1.29 is 13.2 Å². The molecule has 4 heteroatoms. The van der Waals surface area contributed by atoms with Gasteiger partial charge in [-0.1, -0.05) is 12.1 Å². The summed E-state index contributed by atoms with van der Waals surface area (Å²) in [5.74, 6) is 0. The number of halogens is 3. The van der Waals surface area contributed by atoms with Crippen LogP contribution < -0.4 is 0 Å². The second-order valence-corrected chi connectivity index (χ2v) is 4.89. The van der Waals surface area contributed by atoms with E-state index in [-0.39, 0.29) is 0 Å². The zero-order chi connectivity index (χ0) is 12.9. The van der Waals surface area contributed by atoms with Gasteiger partial charge in [-0.15, -0.1) is 0 Å². The van der Waals surface area contributed by atoms with E-state index in [1.807, 2.05) is 6.07 Å². The van der Waals surface area contributed by atoms with Crippen LogP contribution in [0.5, 0.6) is 0 Å². The lowest BCUT2D eigenvalue weighted by Crippen LogP contribution is -2.08. The third-order valence-electron chi connectivity index (χ3n) is 3.85. The number of para-hydroxylation sites is 1. The molecule has 0 spiro atoms. The molecule has 0 unspecified atom stereocenters. The standard InChI is InChI=1S/C14H14F3N/c1-18-12-8-3-2-5-9(12)10-6-4-7-11(13(10)18)14(15,16)17/h4,6-7H,2-3,5,8H2,1H3. The van der Waals surface area contributed by atoms with E-state index in [1.54, 1.807) is 11.6 Å². The van der Waals surface area contributed by atoms with E-state index in [4.69, 9.17) is 0 Å². The molecular weight excluding hydrogens is 239 g/mol. The first-order valence-corrected chi connectivity index (χ1v) is 6.16. The van der Waals surface area contributed by atoms with Crippen molar-refractivity contribution in [1.29, 1.82) is 0 Å². The number of benzene rings is 1. The molecule has 1 aliphatic rings. The molecule has 18 heavy (non-hydrogen) atoms. The van der Waals surface area contributed by atoms with Crippen molar-refractivity contribution in [3.63, 3.8) is 0 Å². The molecule has 0 atom stereocenters. The fourth-order valence-corrected chi connectivity index (χ4v) is 3.06. The summed E-state index contributed by atoms with van der Waals surface area (Å²) < 4.78 is 40.9. The second-order valence-electron chi connectivity index (χ2n) is 4.89. The summed E-state index contributed by atoms with van der Waals surface area (Å²) in [5, 5.41) is 0.780. The highest BCUT2D eigenvalue weighted by atomic mass is 19.4. The normalized spacial score (nSPS) is 16.0. The van der Waals surface area contributed by atoms with Crippen molar-refractivity contribution >= 4 is 10.9 Å². The Labute approximate surface area is 103 Å². The molecule has 0 radical (unpaired) electrons. The van der Waals surface area contributed by atoms with Gasteiger partial charge in [0.15, 0.2) is 0 Å². The van der Waals surface area contributed by atoms with Gasteiger partial charge in [0, 0.05) is 18.1 Å². The summed E-state index contributed by atoms with van der Waals surface area (Å²) in [6.45, 7) is 0. The van der Waals surface area contributed by atoms with E-state index in [9.17, 15) is 13.2 Å². The molecule has 0 N–H and O–H groups in total. The molecule has 0 amide bonds.